The lowest BCUT2D eigenvalue weighted by molar-refractivity contribution is -0.117. The zero-order valence-corrected chi connectivity index (χ0v) is 5.86. The Morgan fingerprint density at radius 1 is 1.56 bits per heavy atom. The van der Waals surface area contributed by atoms with Gasteiger partial charge >= 0.3 is 10.3 Å². The summed E-state index contributed by atoms with van der Waals surface area (Å²) in [6.45, 7) is 1.08. The van der Waals surface area contributed by atoms with Crippen molar-refractivity contribution < 1.29 is 17.4 Å². The molecule has 1 N–H and O–H groups in total. The van der Waals surface area contributed by atoms with Gasteiger partial charge < -0.3 is 0 Å². The maximum atomic E-state index is 10.3. The van der Waals surface area contributed by atoms with Gasteiger partial charge in [0.15, 0.2) is 0 Å². The van der Waals surface area contributed by atoms with Gasteiger partial charge in [0.05, 0.1) is 7.11 Å². The summed E-state index contributed by atoms with van der Waals surface area (Å²) in [5, 5.41) is 0. The first-order valence-corrected chi connectivity index (χ1v) is 3.47. The molecule has 0 aromatic carbocycles. The molecule has 6 heteroatoms. The van der Waals surface area contributed by atoms with Crippen molar-refractivity contribution in [3.8, 4) is 0 Å². The third-order valence-electron chi connectivity index (χ3n) is 0.488. The monoisotopic (exact) mass is 153 g/mol. The SMILES string of the molecule is COS(=O)(=O)NC(C)=O. The van der Waals surface area contributed by atoms with Crippen LogP contribution in [0, 0.1) is 0 Å². The van der Waals surface area contributed by atoms with Gasteiger partial charge in [-0.25, -0.2) is 4.72 Å². The second-order valence-corrected chi connectivity index (χ2v) is 2.72. The van der Waals surface area contributed by atoms with E-state index in [1.54, 1.807) is 4.72 Å². The van der Waals surface area contributed by atoms with Gasteiger partial charge in [0.2, 0.25) is 5.91 Å². The summed E-state index contributed by atoms with van der Waals surface area (Å²) in [5.41, 5.74) is 0. The number of amides is 1. The number of carbonyl (C=O) groups excluding carboxylic acids is 1. The van der Waals surface area contributed by atoms with E-state index in [1.807, 2.05) is 0 Å². The summed E-state index contributed by atoms with van der Waals surface area (Å²) in [4.78, 5) is 10.0. The van der Waals surface area contributed by atoms with E-state index in [4.69, 9.17) is 0 Å². The van der Waals surface area contributed by atoms with E-state index in [9.17, 15) is 13.2 Å². The Kier molecular flexibility index (Phi) is 2.60. The Labute approximate surface area is 53.3 Å². The fourth-order valence-corrected chi connectivity index (χ4v) is 0.653. The Hall–Kier alpha value is -0.620. The van der Waals surface area contributed by atoms with Crippen LogP contribution in [0.3, 0.4) is 0 Å². The molecule has 0 fully saturated rings. The highest BCUT2D eigenvalue weighted by Crippen LogP contribution is 1.80. The normalized spacial score (nSPS) is 10.9. The van der Waals surface area contributed by atoms with E-state index in [1.165, 1.54) is 0 Å². The lowest BCUT2D eigenvalue weighted by Crippen LogP contribution is -2.28. The molecule has 0 aliphatic rings. The molecule has 9 heavy (non-hydrogen) atoms. The highest BCUT2D eigenvalue weighted by molar-refractivity contribution is 7.85. The van der Waals surface area contributed by atoms with Crippen molar-refractivity contribution in [2.45, 2.75) is 6.92 Å². The Balaban J connectivity index is 4.06. The standard InChI is InChI=1S/C3H7NO4S/c1-3(5)4-9(6,7)8-2/h1-2H3,(H,4,5). The molecule has 1 amide bonds. The molecule has 0 radical (unpaired) electrons. The van der Waals surface area contributed by atoms with Gasteiger partial charge in [-0.2, -0.15) is 8.42 Å². The summed E-state index contributed by atoms with van der Waals surface area (Å²) >= 11 is 0. The van der Waals surface area contributed by atoms with Crippen molar-refractivity contribution in [1.82, 2.24) is 4.72 Å². The lowest BCUT2D eigenvalue weighted by atomic mass is 10.8. The minimum atomic E-state index is -3.82. The summed E-state index contributed by atoms with van der Waals surface area (Å²) in [6.07, 6.45) is 0. The Morgan fingerprint density at radius 3 is 2.11 bits per heavy atom. The Bertz CT molecular complexity index is 194. The van der Waals surface area contributed by atoms with Gasteiger partial charge in [0.25, 0.3) is 0 Å². The van der Waals surface area contributed by atoms with E-state index in [2.05, 4.69) is 4.18 Å². The highest BCUT2D eigenvalue weighted by atomic mass is 32.2. The minimum Gasteiger partial charge on any atom is -0.274 e. The van der Waals surface area contributed by atoms with Gasteiger partial charge in [-0.1, -0.05) is 0 Å². The van der Waals surface area contributed by atoms with Gasteiger partial charge in [-0.15, -0.1) is 0 Å². The number of nitrogens with one attached hydrogen (secondary N) is 1. The predicted molar refractivity (Wildman–Crippen MR) is 29.7 cm³/mol. The van der Waals surface area contributed by atoms with Gasteiger partial charge in [0.1, 0.15) is 0 Å². The summed E-state index contributed by atoms with van der Waals surface area (Å²) in [5.74, 6) is -0.670. The van der Waals surface area contributed by atoms with Crippen LogP contribution in [0.1, 0.15) is 6.92 Å². The maximum Gasteiger partial charge on any atom is 0.361 e. The maximum absolute atomic E-state index is 10.3. The molecule has 0 rings (SSSR count). The zero-order chi connectivity index (χ0) is 7.49. The van der Waals surface area contributed by atoms with Crippen LogP contribution in [0.2, 0.25) is 0 Å². The summed E-state index contributed by atoms with van der Waals surface area (Å²) in [7, 11) is -2.85. The third-order valence-corrected chi connectivity index (χ3v) is 1.46. The zero-order valence-electron chi connectivity index (χ0n) is 5.04. The molecule has 0 heterocycles. The second kappa shape index (κ2) is 2.79. The van der Waals surface area contributed by atoms with Crippen molar-refractivity contribution >= 4 is 16.2 Å². The van der Waals surface area contributed by atoms with Crippen molar-refractivity contribution in [3.05, 3.63) is 0 Å². The summed E-state index contributed by atoms with van der Waals surface area (Å²) < 4.78 is 26.0. The van der Waals surface area contributed by atoms with Crippen LogP contribution in [0.15, 0.2) is 0 Å². The molecule has 0 aliphatic carbocycles. The van der Waals surface area contributed by atoms with Crippen LogP contribution in [0.4, 0.5) is 0 Å². The number of rotatable bonds is 2. The van der Waals surface area contributed by atoms with Gasteiger partial charge in [-0.05, 0) is 0 Å². The van der Waals surface area contributed by atoms with Crippen molar-refractivity contribution in [2.24, 2.45) is 0 Å². The predicted octanol–water partition coefficient (Wildman–Crippen LogP) is -0.986. The van der Waals surface area contributed by atoms with Crippen molar-refractivity contribution in [1.29, 1.82) is 0 Å². The molecule has 0 spiro atoms. The van der Waals surface area contributed by atoms with E-state index < -0.39 is 16.2 Å². The Morgan fingerprint density at radius 2 is 2.00 bits per heavy atom. The highest BCUT2D eigenvalue weighted by Gasteiger charge is 2.07. The van der Waals surface area contributed by atoms with Crippen LogP contribution in [-0.4, -0.2) is 21.4 Å². The number of hydrogen-bond acceptors (Lipinski definition) is 4. The molecule has 0 bridgehead atoms. The fourth-order valence-electron chi connectivity index (χ4n) is 0.218. The first-order valence-electron chi connectivity index (χ1n) is 2.07. The molecule has 0 aromatic heterocycles. The molecule has 0 saturated carbocycles. The van der Waals surface area contributed by atoms with Gasteiger partial charge in [-0.3, -0.25) is 8.98 Å². The molecule has 0 aliphatic heterocycles. The van der Waals surface area contributed by atoms with Crippen LogP contribution in [0.25, 0.3) is 0 Å². The molecule has 0 saturated heterocycles. The summed E-state index contributed by atoms with van der Waals surface area (Å²) in [6, 6.07) is 0. The van der Waals surface area contributed by atoms with Crippen LogP contribution >= 0.6 is 0 Å². The van der Waals surface area contributed by atoms with Crippen molar-refractivity contribution in [2.75, 3.05) is 7.11 Å². The molecule has 0 unspecified atom stereocenters. The molecule has 0 atom stereocenters. The minimum absolute atomic E-state index is 0.670. The average molecular weight is 153 g/mol. The lowest BCUT2D eigenvalue weighted by Gasteiger charge is -1.97. The largest absolute Gasteiger partial charge is 0.361 e. The van der Waals surface area contributed by atoms with Crippen LogP contribution in [-0.2, 0) is 19.3 Å². The number of carbonyl (C=O) groups is 1. The van der Waals surface area contributed by atoms with Crippen LogP contribution in [0.5, 0.6) is 0 Å². The van der Waals surface area contributed by atoms with E-state index in [-0.39, 0.29) is 0 Å². The molecular weight excluding hydrogens is 146 g/mol. The molecule has 5 nitrogen and oxygen atoms in total. The van der Waals surface area contributed by atoms with E-state index in [0.29, 0.717) is 0 Å². The number of hydrogen-bond donors (Lipinski definition) is 1. The first-order chi connectivity index (χ1) is 3.98. The van der Waals surface area contributed by atoms with Gasteiger partial charge in [0, 0.05) is 6.92 Å². The smallest absolute Gasteiger partial charge is 0.274 e. The van der Waals surface area contributed by atoms with Crippen molar-refractivity contribution in [3.63, 3.8) is 0 Å². The fraction of sp³-hybridized carbons (Fsp3) is 0.667. The molecule has 54 valence electrons. The topological polar surface area (TPSA) is 72.5 Å². The quantitative estimate of drug-likeness (QED) is 0.553. The second-order valence-electron chi connectivity index (χ2n) is 1.28. The average Bonchev–Trinajstić information content (AvgIpc) is 1.63. The molecular formula is C3H7NO4S. The van der Waals surface area contributed by atoms with E-state index >= 15 is 0 Å². The molecule has 0 aromatic rings. The van der Waals surface area contributed by atoms with Crippen LogP contribution < -0.4 is 4.72 Å². The third kappa shape index (κ3) is 3.92. The van der Waals surface area contributed by atoms with E-state index in [0.717, 1.165) is 14.0 Å². The first kappa shape index (κ1) is 8.38.